The molecule has 0 unspecified atom stereocenters. The molecular weight excluding hydrogens is 458 g/mol. The Balaban J connectivity index is 1.68. The van der Waals surface area contributed by atoms with Crippen molar-refractivity contribution < 1.29 is 13.9 Å². The molecule has 0 aliphatic rings. The van der Waals surface area contributed by atoms with Gasteiger partial charge in [-0.15, -0.1) is 0 Å². The Bertz CT molecular complexity index is 1600. The summed E-state index contributed by atoms with van der Waals surface area (Å²) < 4.78 is 17.0. The maximum atomic E-state index is 8.88. The molecule has 7 heteroatoms. The Kier molecular flexibility index (Phi) is 6.29. The minimum absolute atomic E-state index is 0.0365. The number of hydrogen-bond acceptors (Lipinski definition) is 7. The van der Waals surface area contributed by atoms with Gasteiger partial charge in [0, 0.05) is 27.5 Å². The van der Waals surface area contributed by atoms with Crippen LogP contribution >= 0.6 is 11.3 Å². The van der Waals surface area contributed by atoms with Crippen LogP contribution in [0.5, 0.6) is 11.5 Å². The Morgan fingerprint density at radius 3 is 2.49 bits per heavy atom. The third-order valence-electron chi connectivity index (χ3n) is 5.44. The van der Waals surface area contributed by atoms with Crippen molar-refractivity contribution in [3.63, 3.8) is 0 Å². The zero-order chi connectivity index (χ0) is 24.2. The van der Waals surface area contributed by atoms with Crippen LogP contribution in [-0.2, 0) is 0 Å². The molecule has 0 amide bonds. The average molecular weight is 480 g/mol. The third kappa shape index (κ3) is 4.79. The number of fused-ring (bicyclic) bond motifs is 1. The van der Waals surface area contributed by atoms with Crippen LogP contribution in [0, 0.1) is 18.3 Å². The molecule has 0 spiro atoms. The summed E-state index contributed by atoms with van der Waals surface area (Å²) in [5, 5.41) is 11.0. The number of aryl methyl sites for hydroxylation is 1. The van der Waals surface area contributed by atoms with Crippen molar-refractivity contribution in [2.75, 3.05) is 13.7 Å². The standard InChI is InChI=1S/C28H21N3O3S/c1-18-27(20-6-4-3-5-7-20)31-28(35-18)30-24-17-26(19-8-10-21(32-2)11-9-19)34-25-13-12-22(16-23(24)25)33-15-14-29/h3-13,16-17H,15H2,1-2H3. The largest absolute Gasteiger partial charge is 0.497 e. The second-order valence-electron chi connectivity index (χ2n) is 7.71. The van der Waals surface area contributed by atoms with Gasteiger partial charge in [0.05, 0.1) is 18.2 Å². The van der Waals surface area contributed by atoms with Gasteiger partial charge < -0.3 is 13.9 Å². The topological polar surface area (TPSA) is 80.6 Å². The van der Waals surface area contributed by atoms with E-state index in [1.807, 2.05) is 85.8 Å². The van der Waals surface area contributed by atoms with Gasteiger partial charge in [0.15, 0.2) is 6.61 Å². The highest BCUT2D eigenvalue weighted by molar-refractivity contribution is 7.15. The van der Waals surface area contributed by atoms with Crippen LogP contribution in [0.2, 0.25) is 0 Å². The van der Waals surface area contributed by atoms with Crippen molar-refractivity contribution in [3.8, 4) is 40.1 Å². The average Bonchev–Trinajstić information content (AvgIpc) is 3.27. The first-order valence-electron chi connectivity index (χ1n) is 10.9. The number of rotatable bonds is 6. The summed E-state index contributed by atoms with van der Waals surface area (Å²) in [6.07, 6.45) is 0. The smallest absolute Gasteiger partial charge is 0.210 e. The SMILES string of the molecule is COc1ccc(-c2cc(=Nc3nc(-c4ccccc4)c(C)s3)c3cc(OCC#N)ccc3o2)cc1. The molecule has 0 saturated carbocycles. The van der Waals surface area contributed by atoms with Crippen LogP contribution < -0.4 is 14.8 Å². The van der Waals surface area contributed by atoms with Gasteiger partial charge in [-0.2, -0.15) is 5.26 Å². The van der Waals surface area contributed by atoms with E-state index < -0.39 is 0 Å². The molecule has 2 aromatic heterocycles. The van der Waals surface area contributed by atoms with Crippen molar-refractivity contribution in [1.82, 2.24) is 4.98 Å². The first-order valence-corrected chi connectivity index (χ1v) is 11.8. The molecule has 3 aromatic carbocycles. The molecule has 0 atom stereocenters. The lowest BCUT2D eigenvalue weighted by Crippen LogP contribution is -2.04. The van der Waals surface area contributed by atoms with E-state index >= 15 is 0 Å². The van der Waals surface area contributed by atoms with Gasteiger partial charge in [-0.25, -0.2) is 9.98 Å². The first-order chi connectivity index (χ1) is 17.1. The fraction of sp³-hybridized carbons (Fsp3) is 0.107. The Labute approximate surface area is 206 Å². The number of nitrogens with zero attached hydrogens (tertiary/aromatic N) is 3. The summed E-state index contributed by atoms with van der Waals surface area (Å²) in [7, 11) is 1.64. The fourth-order valence-corrected chi connectivity index (χ4v) is 4.56. The lowest BCUT2D eigenvalue weighted by Gasteiger charge is -2.08. The van der Waals surface area contributed by atoms with Gasteiger partial charge in [-0.1, -0.05) is 41.7 Å². The number of benzene rings is 3. The summed E-state index contributed by atoms with van der Waals surface area (Å²) >= 11 is 1.54. The zero-order valence-corrected chi connectivity index (χ0v) is 20.0. The molecular formula is C28H21N3O3S. The summed E-state index contributed by atoms with van der Waals surface area (Å²) in [5.41, 5.74) is 3.53. The van der Waals surface area contributed by atoms with Gasteiger partial charge in [0.1, 0.15) is 28.9 Å². The second-order valence-corrected chi connectivity index (χ2v) is 8.89. The Hall–Kier alpha value is -4.41. The first kappa shape index (κ1) is 22.4. The van der Waals surface area contributed by atoms with Crippen LogP contribution in [0.1, 0.15) is 4.88 Å². The predicted octanol–water partition coefficient (Wildman–Crippen LogP) is 6.68. The number of thiazole rings is 1. The molecule has 6 nitrogen and oxygen atoms in total. The van der Waals surface area contributed by atoms with Gasteiger partial charge in [0.2, 0.25) is 5.13 Å². The van der Waals surface area contributed by atoms with Gasteiger partial charge in [-0.05, 0) is 49.4 Å². The molecule has 2 heterocycles. The van der Waals surface area contributed by atoms with Crippen LogP contribution in [0.15, 0.2) is 88.3 Å². The maximum Gasteiger partial charge on any atom is 0.210 e. The van der Waals surface area contributed by atoms with E-state index in [1.54, 1.807) is 13.2 Å². The molecule has 5 aromatic rings. The highest BCUT2D eigenvalue weighted by atomic mass is 32.1. The number of methoxy groups -OCH3 is 1. The zero-order valence-electron chi connectivity index (χ0n) is 19.2. The molecule has 0 N–H and O–H groups in total. The predicted molar refractivity (Wildman–Crippen MR) is 137 cm³/mol. The quantitative estimate of drug-likeness (QED) is 0.271. The monoisotopic (exact) mass is 479 g/mol. The number of hydrogen-bond donors (Lipinski definition) is 0. The van der Waals surface area contributed by atoms with E-state index in [1.165, 1.54) is 11.3 Å². The highest BCUT2D eigenvalue weighted by Crippen LogP contribution is 2.32. The van der Waals surface area contributed by atoms with Crippen LogP contribution in [0.25, 0.3) is 33.6 Å². The molecule has 5 rings (SSSR count). The molecule has 0 aliphatic carbocycles. The molecule has 35 heavy (non-hydrogen) atoms. The Morgan fingerprint density at radius 1 is 0.971 bits per heavy atom. The molecule has 0 bridgehead atoms. The van der Waals surface area contributed by atoms with E-state index in [-0.39, 0.29) is 6.61 Å². The van der Waals surface area contributed by atoms with Crippen LogP contribution in [0.4, 0.5) is 5.13 Å². The van der Waals surface area contributed by atoms with Crippen molar-refractivity contribution in [2.24, 2.45) is 4.99 Å². The number of ether oxygens (including phenoxy) is 2. The fourth-order valence-electron chi connectivity index (χ4n) is 3.74. The van der Waals surface area contributed by atoms with E-state index in [0.717, 1.165) is 32.8 Å². The lowest BCUT2D eigenvalue weighted by molar-refractivity contribution is 0.368. The molecule has 0 saturated heterocycles. The molecule has 172 valence electrons. The second kappa shape index (κ2) is 9.84. The van der Waals surface area contributed by atoms with Gasteiger partial charge in [0.25, 0.3) is 0 Å². The number of nitriles is 1. The number of aromatic nitrogens is 1. The Morgan fingerprint density at radius 2 is 1.74 bits per heavy atom. The van der Waals surface area contributed by atoms with Gasteiger partial charge >= 0.3 is 0 Å². The maximum absolute atomic E-state index is 8.88. The molecule has 0 fully saturated rings. The van der Waals surface area contributed by atoms with E-state index in [0.29, 0.717) is 27.6 Å². The summed E-state index contributed by atoms with van der Waals surface area (Å²) in [6, 6.07) is 27.1. The van der Waals surface area contributed by atoms with Crippen LogP contribution in [0.3, 0.4) is 0 Å². The van der Waals surface area contributed by atoms with Crippen molar-refractivity contribution in [2.45, 2.75) is 6.92 Å². The molecule has 0 radical (unpaired) electrons. The highest BCUT2D eigenvalue weighted by Gasteiger charge is 2.12. The van der Waals surface area contributed by atoms with Crippen molar-refractivity contribution in [3.05, 3.63) is 89.1 Å². The summed E-state index contributed by atoms with van der Waals surface area (Å²) in [6.45, 7) is 2.01. The van der Waals surface area contributed by atoms with E-state index in [4.69, 9.17) is 29.1 Å². The van der Waals surface area contributed by atoms with Crippen molar-refractivity contribution in [1.29, 1.82) is 5.26 Å². The van der Waals surface area contributed by atoms with E-state index in [9.17, 15) is 0 Å². The van der Waals surface area contributed by atoms with E-state index in [2.05, 4.69) is 0 Å². The third-order valence-corrected chi connectivity index (χ3v) is 6.31. The normalized spacial score (nSPS) is 11.4. The van der Waals surface area contributed by atoms with Gasteiger partial charge in [-0.3, -0.25) is 0 Å². The minimum Gasteiger partial charge on any atom is -0.497 e. The lowest BCUT2D eigenvalue weighted by atomic mass is 10.1. The van der Waals surface area contributed by atoms with Crippen LogP contribution in [-0.4, -0.2) is 18.7 Å². The molecule has 0 aliphatic heterocycles. The summed E-state index contributed by atoms with van der Waals surface area (Å²) in [4.78, 5) is 10.8. The van der Waals surface area contributed by atoms with Crippen molar-refractivity contribution >= 4 is 27.4 Å². The minimum atomic E-state index is -0.0365. The summed E-state index contributed by atoms with van der Waals surface area (Å²) in [5.74, 6) is 2.01.